The lowest BCUT2D eigenvalue weighted by Gasteiger charge is -2.11. The van der Waals surface area contributed by atoms with Gasteiger partial charge in [-0.15, -0.1) is 5.10 Å². The van der Waals surface area contributed by atoms with Crippen LogP contribution in [-0.4, -0.2) is 30.3 Å². The van der Waals surface area contributed by atoms with Gasteiger partial charge in [-0.25, -0.2) is 9.67 Å². The second-order valence-corrected chi connectivity index (χ2v) is 9.75. The number of hydrogen-bond donors (Lipinski definition) is 1. The maximum Gasteiger partial charge on any atom is 0.224 e. The average molecular weight is 461 g/mol. The Morgan fingerprint density at radius 2 is 2.06 bits per heavy atom. The Bertz CT molecular complexity index is 1340. The summed E-state index contributed by atoms with van der Waals surface area (Å²) in [6.07, 6.45) is 9.53. The van der Waals surface area contributed by atoms with Crippen LogP contribution in [0.15, 0.2) is 55.0 Å². The van der Waals surface area contributed by atoms with Crippen LogP contribution in [0.3, 0.4) is 0 Å². The van der Waals surface area contributed by atoms with Crippen LogP contribution in [0.4, 0.5) is 0 Å². The highest BCUT2D eigenvalue weighted by Crippen LogP contribution is 2.48. The van der Waals surface area contributed by atoms with Crippen LogP contribution >= 0.6 is 11.6 Å². The van der Waals surface area contributed by atoms with E-state index in [4.69, 9.17) is 16.6 Å². The fourth-order valence-electron chi connectivity index (χ4n) is 4.54. The Kier molecular flexibility index (Phi) is 4.94. The maximum atomic E-state index is 12.7. The van der Waals surface area contributed by atoms with Gasteiger partial charge in [0, 0.05) is 23.3 Å². The highest BCUT2D eigenvalue weighted by atomic mass is 35.5. The summed E-state index contributed by atoms with van der Waals surface area (Å²) in [7, 11) is 0. The predicted molar refractivity (Wildman–Crippen MR) is 125 cm³/mol. The van der Waals surface area contributed by atoms with Gasteiger partial charge in [-0.05, 0) is 67.3 Å². The van der Waals surface area contributed by atoms with Gasteiger partial charge in [0.15, 0.2) is 0 Å². The third-order valence-electron chi connectivity index (χ3n) is 6.66. The number of imidazole rings is 1. The summed E-state index contributed by atoms with van der Waals surface area (Å²) in [5.41, 5.74) is 5.11. The number of hydrogen-bond acceptors (Lipinski definition) is 4. The van der Waals surface area contributed by atoms with Crippen LogP contribution in [0.5, 0.6) is 0 Å². The molecule has 6 rings (SSSR count). The largest absolute Gasteiger partial charge is 0.348 e. The number of amides is 1. The van der Waals surface area contributed by atoms with Crippen molar-refractivity contribution in [1.82, 2.24) is 29.7 Å². The molecule has 2 unspecified atom stereocenters. The minimum atomic E-state index is -0.214. The molecule has 1 aromatic carbocycles. The van der Waals surface area contributed by atoms with Gasteiger partial charge in [-0.1, -0.05) is 35.0 Å². The van der Waals surface area contributed by atoms with E-state index in [1.54, 1.807) is 4.68 Å². The predicted octanol–water partition coefficient (Wildman–Crippen LogP) is 4.49. The fraction of sp³-hybridized carbons (Fsp3) is 0.360. The summed E-state index contributed by atoms with van der Waals surface area (Å²) in [6.45, 7) is 2.47. The van der Waals surface area contributed by atoms with Gasteiger partial charge in [0.05, 0.1) is 24.5 Å². The van der Waals surface area contributed by atoms with E-state index in [2.05, 4.69) is 44.6 Å². The van der Waals surface area contributed by atoms with Crippen molar-refractivity contribution in [2.75, 3.05) is 0 Å². The summed E-state index contributed by atoms with van der Waals surface area (Å²) < 4.78 is 3.86. The Hall–Kier alpha value is -3.19. The van der Waals surface area contributed by atoms with Crippen LogP contribution in [0, 0.1) is 5.92 Å². The van der Waals surface area contributed by atoms with Crippen molar-refractivity contribution in [1.29, 1.82) is 0 Å². The Morgan fingerprint density at radius 3 is 2.88 bits per heavy atom. The quantitative estimate of drug-likeness (QED) is 0.441. The monoisotopic (exact) mass is 460 g/mol. The van der Waals surface area contributed by atoms with E-state index < -0.39 is 0 Å². The number of pyridine rings is 1. The molecule has 0 bridgehead atoms. The standard InChI is InChI=1S/C25H25ClN6O/c1-15(27-25(33)22-10-21(22)17-3-2-4-19(26)9-17)23-14-32(30-29-23)13-20-12-31-11-18(16-5-6-16)7-8-24(31)28-20/h2-4,7-9,11-12,14-16,21-22H,5-6,10,13H2,1H3,(H,27,33)/t15-,21?,22?/m0/s1. The van der Waals surface area contributed by atoms with Gasteiger partial charge in [-0.3, -0.25) is 4.79 Å². The summed E-state index contributed by atoms with van der Waals surface area (Å²) in [4.78, 5) is 17.4. The molecule has 3 heterocycles. The molecule has 2 aliphatic rings. The number of halogens is 1. The Balaban J connectivity index is 1.08. The summed E-state index contributed by atoms with van der Waals surface area (Å²) >= 11 is 6.09. The number of carbonyl (C=O) groups is 1. The van der Waals surface area contributed by atoms with E-state index in [1.165, 1.54) is 18.4 Å². The highest BCUT2D eigenvalue weighted by molar-refractivity contribution is 6.30. The van der Waals surface area contributed by atoms with E-state index in [1.807, 2.05) is 37.4 Å². The van der Waals surface area contributed by atoms with Gasteiger partial charge in [-0.2, -0.15) is 0 Å². The molecular formula is C25H25ClN6O. The van der Waals surface area contributed by atoms with Crippen LogP contribution in [0.25, 0.3) is 5.65 Å². The summed E-state index contributed by atoms with van der Waals surface area (Å²) in [5.74, 6) is 0.988. The van der Waals surface area contributed by atoms with Crippen molar-refractivity contribution in [3.8, 4) is 0 Å². The van der Waals surface area contributed by atoms with E-state index in [0.29, 0.717) is 17.5 Å². The first kappa shape index (κ1) is 20.4. The molecule has 2 fully saturated rings. The zero-order chi connectivity index (χ0) is 22.5. The first-order valence-corrected chi connectivity index (χ1v) is 11.8. The molecule has 168 valence electrons. The molecule has 3 aromatic heterocycles. The van der Waals surface area contributed by atoms with Crippen molar-refractivity contribution >= 4 is 23.2 Å². The first-order valence-electron chi connectivity index (χ1n) is 11.5. The second-order valence-electron chi connectivity index (χ2n) is 9.31. The normalized spacial score (nSPS) is 20.7. The lowest BCUT2D eigenvalue weighted by molar-refractivity contribution is -0.123. The van der Waals surface area contributed by atoms with Crippen LogP contribution in [0.1, 0.15) is 66.6 Å². The molecule has 1 N–H and O–H groups in total. The Labute approximate surface area is 196 Å². The lowest BCUT2D eigenvalue weighted by atomic mass is 10.1. The summed E-state index contributed by atoms with van der Waals surface area (Å²) in [5, 5.41) is 12.3. The van der Waals surface area contributed by atoms with Crippen molar-refractivity contribution in [3.63, 3.8) is 0 Å². The van der Waals surface area contributed by atoms with Gasteiger partial charge >= 0.3 is 0 Å². The van der Waals surface area contributed by atoms with Crippen LogP contribution in [-0.2, 0) is 11.3 Å². The topological polar surface area (TPSA) is 77.1 Å². The molecule has 4 aromatic rings. The Morgan fingerprint density at radius 1 is 1.18 bits per heavy atom. The molecular weight excluding hydrogens is 436 g/mol. The van der Waals surface area contributed by atoms with Gasteiger partial charge in [0.2, 0.25) is 5.91 Å². The lowest BCUT2D eigenvalue weighted by Crippen LogP contribution is -2.28. The van der Waals surface area contributed by atoms with Gasteiger partial charge < -0.3 is 9.72 Å². The van der Waals surface area contributed by atoms with Crippen LogP contribution < -0.4 is 5.32 Å². The molecule has 1 amide bonds. The molecule has 2 aliphatic carbocycles. The zero-order valence-electron chi connectivity index (χ0n) is 18.4. The van der Waals surface area contributed by atoms with Gasteiger partial charge in [0.1, 0.15) is 11.3 Å². The van der Waals surface area contributed by atoms with Crippen molar-refractivity contribution in [2.24, 2.45) is 5.92 Å². The molecule has 33 heavy (non-hydrogen) atoms. The molecule has 0 spiro atoms. The number of benzene rings is 1. The molecule has 8 heteroatoms. The zero-order valence-corrected chi connectivity index (χ0v) is 19.1. The van der Waals surface area contributed by atoms with Crippen molar-refractivity contribution < 1.29 is 4.79 Å². The van der Waals surface area contributed by atoms with E-state index in [-0.39, 0.29) is 23.8 Å². The molecule has 0 aliphatic heterocycles. The maximum absolute atomic E-state index is 12.7. The number of rotatable bonds is 7. The molecule has 7 nitrogen and oxygen atoms in total. The van der Waals surface area contributed by atoms with E-state index >= 15 is 0 Å². The third kappa shape index (κ3) is 4.25. The highest BCUT2D eigenvalue weighted by Gasteiger charge is 2.44. The van der Waals surface area contributed by atoms with E-state index in [0.717, 1.165) is 29.0 Å². The number of fused-ring (bicyclic) bond motifs is 1. The minimum absolute atomic E-state index is 0.0144. The van der Waals surface area contributed by atoms with Crippen molar-refractivity contribution in [3.05, 3.63) is 82.5 Å². The number of carbonyl (C=O) groups excluding carboxylic acids is 1. The summed E-state index contributed by atoms with van der Waals surface area (Å²) in [6, 6.07) is 11.8. The number of nitrogens with one attached hydrogen (secondary N) is 1. The smallest absolute Gasteiger partial charge is 0.224 e. The molecule has 0 radical (unpaired) electrons. The molecule has 2 saturated carbocycles. The van der Waals surface area contributed by atoms with Gasteiger partial charge in [0.25, 0.3) is 0 Å². The minimum Gasteiger partial charge on any atom is -0.348 e. The van der Waals surface area contributed by atoms with E-state index in [9.17, 15) is 4.79 Å². The average Bonchev–Trinajstić information content (AvgIpc) is 3.71. The number of aromatic nitrogens is 5. The first-order chi connectivity index (χ1) is 16.0. The number of nitrogens with zero attached hydrogens (tertiary/aromatic N) is 5. The fourth-order valence-corrected chi connectivity index (χ4v) is 4.73. The molecule has 0 saturated heterocycles. The second kappa shape index (κ2) is 7.99. The third-order valence-corrected chi connectivity index (χ3v) is 6.89. The van der Waals surface area contributed by atoms with Crippen LogP contribution in [0.2, 0.25) is 5.02 Å². The SMILES string of the molecule is C[C@H](NC(=O)C1CC1c1cccc(Cl)c1)c1cn(Cc2cn3cc(C4CC4)ccc3n2)nn1. The van der Waals surface area contributed by atoms with Crippen molar-refractivity contribution in [2.45, 2.75) is 50.6 Å². The molecule has 3 atom stereocenters.